The molecule has 36 heavy (non-hydrogen) atoms. The number of hydrogen-bond donors (Lipinski definition) is 1. The van der Waals surface area contributed by atoms with Gasteiger partial charge in [0, 0.05) is 24.9 Å². The van der Waals surface area contributed by atoms with E-state index in [1.165, 1.54) is 15.2 Å². The number of nitrogens with one attached hydrogen (secondary N) is 1. The Morgan fingerprint density at radius 3 is 2.08 bits per heavy atom. The molecule has 3 heterocycles. The first-order valence-electron chi connectivity index (χ1n) is 11.2. The van der Waals surface area contributed by atoms with Crippen molar-refractivity contribution in [2.24, 2.45) is 7.05 Å². The maximum Gasteiger partial charge on any atom is 0.341 e. The molecule has 3 aromatic carbocycles. The van der Waals surface area contributed by atoms with Crippen molar-refractivity contribution in [3.63, 3.8) is 0 Å². The Bertz CT molecular complexity index is 1810. The van der Waals surface area contributed by atoms with Crippen LogP contribution in [0.4, 0.5) is 11.4 Å². The number of pyridine rings is 1. The lowest BCUT2D eigenvalue weighted by atomic mass is 10.2. The highest BCUT2D eigenvalue weighted by Gasteiger charge is 2.22. The van der Waals surface area contributed by atoms with Gasteiger partial charge in [0.05, 0.1) is 17.1 Å². The first-order chi connectivity index (χ1) is 17.5. The second-order valence-electron chi connectivity index (χ2n) is 8.28. The van der Waals surface area contributed by atoms with Crippen LogP contribution in [0, 0.1) is 0 Å². The zero-order chi connectivity index (χ0) is 24.8. The molecule has 0 unspecified atom stereocenters. The standard InChI is InChI=1S/C27H20N4O5/c1-29-23(32)15-20(28-17-12-13-21-22(14-17)36-16-35-21)24-25(29)30(18-8-4-2-5-9-18)27(34)31(26(24)33)19-10-6-3-7-11-19/h2-15,28H,16H2,1H3. The fourth-order valence-electron chi connectivity index (χ4n) is 4.39. The Labute approximate surface area is 204 Å². The van der Waals surface area contributed by atoms with Gasteiger partial charge < -0.3 is 14.8 Å². The predicted molar refractivity (Wildman–Crippen MR) is 136 cm³/mol. The molecule has 9 heteroatoms. The van der Waals surface area contributed by atoms with Crippen LogP contribution in [0.2, 0.25) is 0 Å². The molecule has 0 saturated heterocycles. The summed E-state index contributed by atoms with van der Waals surface area (Å²) < 4.78 is 14.6. The van der Waals surface area contributed by atoms with Crippen LogP contribution in [0.25, 0.3) is 22.4 Å². The van der Waals surface area contributed by atoms with Crippen molar-refractivity contribution in [3.8, 4) is 22.9 Å². The minimum Gasteiger partial charge on any atom is -0.454 e. The topological polar surface area (TPSA) is 96.5 Å². The molecule has 0 atom stereocenters. The van der Waals surface area contributed by atoms with Crippen LogP contribution in [-0.2, 0) is 7.05 Å². The third-order valence-electron chi connectivity index (χ3n) is 6.10. The van der Waals surface area contributed by atoms with E-state index in [2.05, 4.69) is 5.32 Å². The Balaban J connectivity index is 1.71. The monoisotopic (exact) mass is 480 g/mol. The number of ether oxygens (including phenoxy) is 2. The van der Waals surface area contributed by atoms with Gasteiger partial charge in [-0.2, -0.15) is 0 Å². The smallest absolute Gasteiger partial charge is 0.341 e. The summed E-state index contributed by atoms with van der Waals surface area (Å²) in [5.41, 5.74) is 0.468. The molecule has 0 aliphatic carbocycles. The summed E-state index contributed by atoms with van der Waals surface area (Å²) in [6.45, 7) is 0.124. The molecule has 0 spiro atoms. The summed E-state index contributed by atoms with van der Waals surface area (Å²) in [5, 5.41) is 3.37. The van der Waals surface area contributed by atoms with E-state index in [-0.39, 0.29) is 29.1 Å². The number of rotatable bonds is 4. The largest absolute Gasteiger partial charge is 0.454 e. The lowest BCUT2D eigenvalue weighted by Gasteiger charge is -2.19. The van der Waals surface area contributed by atoms with Crippen LogP contribution >= 0.6 is 0 Å². The van der Waals surface area contributed by atoms with Crippen LogP contribution < -0.4 is 31.6 Å². The number of aryl methyl sites for hydroxylation is 1. The number of para-hydroxylation sites is 2. The Morgan fingerprint density at radius 2 is 1.39 bits per heavy atom. The van der Waals surface area contributed by atoms with Gasteiger partial charge in [0.2, 0.25) is 6.79 Å². The minimum absolute atomic E-state index is 0.124. The Kier molecular flexibility index (Phi) is 4.96. The van der Waals surface area contributed by atoms with E-state index in [0.717, 1.165) is 4.57 Å². The fourth-order valence-corrected chi connectivity index (χ4v) is 4.39. The highest BCUT2D eigenvalue weighted by atomic mass is 16.7. The number of anilines is 2. The zero-order valence-electron chi connectivity index (χ0n) is 19.2. The number of hydrogen-bond acceptors (Lipinski definition) is 6. The van der Waals surface area contributed by atoms with E-state index in [0.29, 0.717) is 28.6 Å². The normalized spacial score (nSPS) is 12.1. The molecule has 0 radical (unpaired) electrons. The lowest BCUT2D eigenvalue weighted by molar-refractivity contribution is 0.174. The third-order valence-corrected chi connectivity index (χ3v) is 6.10. The van der Waals surface area contributed by atoms with E-state index in [4.69, 9.17) is 9.47 Å². The molecule has 0 saturated carbocycles. The van der Waals surface area contributed by atoms with E-state index in [1.807, 2.05) is 12.1 Å². The Hall–Kier alpha value is -5.05. The van der Waals surface area contributed by atoms with Crippen molar-refractivity contribution in [3.05, 3.63) is 116 Å². The van der Waals surface area contributed by atoms with E-state index in [9.17, 15) is 14.4 Å². The number of aromatic nitrogens is 3. The van der Waals surface area contributed by atoms with Crippen molar-refractivity contribution in [1.82, 2.24) is 13.7 Å². The molecule has 178 valence electrons. The quantitative estimate of drug-likeness (QED) is 0.424. The van der Waals surface area contributed by atoms with E-state index < -0.39 is 11.2 Å². The van der Waals surface area contributed by atoms with Crippen molar-refractivity contribution < 1.29 is 9.47 Å². The molecule has 6 rings (SSSR count). The van der Waals surface area contributed by atoms with Gasteiger partial charge in [-0.05, 0) is 36.4 Å². The summed E-state index contributed by atoms with van der Waals surface area (Å²) in [6.07, 6.45) is 0. The van der Waals surface area contributed by atoms with Crippen LogP contribution in [0.15, 0.2) is 99.3 Å². The summed E-state index contributed by atoms with van der Waals surface area (Å²) in [6, 6.07) is 24.2. The number of fused-ring (bicyclic) bond motifs is 2. The average molecular weight is 480 g/mol. The van der Waals surface area contributed by atoms with Gasteiger partial charge in [0.25, 0.3) is 11.1 Å². The van der Waals surface area contributed by atoms with Gasteiger partial charge in [-0.3, -0.25) is 14.2 Å². The molecule has 5 aromatic rings. The van der Waals surface area contributed by atoms with Crippen LogP contribution in [0.5, 0.6) is 11.5 Å². The molecule has 1 aliphatic heterocycles. The van der Waals surface area contributed by atoms with Gasteiger partial charge >= 0.3 is 5.69 Å². The van der Waals surface area contributed by atoms with Crippen LogP contribution in [0.3, 0.4) is 0 Å². The maximum absolute atomic E-state index is 13.9. The summed E-state index contributed by atoms with van der Waals surface area (Å²) >= 11 is 0. The summed E-state index contributed by atoms with van der Waals surface area (Å²) in [7, 11) is 1.54. The summed E-state index contributed by atoms with van der Waals surface area (Å²) in [5.74, 6) is 1.16. The molecule has 2 aromatic heterocycles. The molecule has 0 fully saturated rings. The minimum atomic E-state index is -0.583. The van der Waals surface area contributed by atoms with E-state index >= 15 is 0 Å². The van der Waals surface area contributed by atoms with Crippen LogP contribution in [0.1, 0.15) is 0 Å². The van der Waals surface area contributed by atoms with Crippen LogP contribution in [-0.4, -0.2) is 20.5 Å². The van der Waals surface area contributed by atoms with Crippen molar-refractivity contribution in [2.45, 2.75) is 0 Å². The highest BCUT2D eigenvalue weighted by molar-refractivity contribution is 5.91. The molecule has 0 amide bonds. The SMILES string of the molecule is Cn1c(=O)cc(Nc2ccc3c(c2)OCO3)c2c(=O)n(-c3ccccc3)c(=O)n(-c3ccccc3)c21. The number of nitrogens with zero attached hydrogens (tertiary/aromatic N) is 3. The van der Waals surface area contributed by atoms with Crippen molar-refractivity contribution in [1.29, 1.82) is 0 Å². The van der Waals surface area contributed by atoms with Gasteiger partial charge in [-0.15, -0.1) is 0 Å². The van der Waals surface area contributed by atoms with Gasteiger partial charge in [0.1, 0.15) is 11.0 Å². The third kappa shape index (κ3) is 3.37. The Morgan fingerprint density at radius 1 is 0.750 bits per heavy atom. The second kappa shape index (κ2) is 8.31. The first-order valence-corrected chi connectivity index (χ1v) is 11.2. The fraction of sp³-hybridized carbons (Fsp3) is 0.0741. The molecule has 0 bridgehead atoms. The molecular weight excluding hydrogens is 460 g/mol. The molecule has 1 N–H and O–H groups in total. The lowest BCUT2D eigenvalue weighted by Crippen LogP contribution is -2.40. The zero-order valence-corrected chi connectivity index (χ0v) is 19.2. The van der Waals surface area contributed by atoms with Crippen molar-refractivity contribution >= 4 is 22.4 Å². The average Bonchev–Trinajstić information content (AvgIpc) is 3.36. The van der Waals surface area contributed by atoms with Crippen molar-refractivity contribution in [2.75, 3.05) is 12.1 Å². The second-order valence-corrected chi connectivity index (χ2v) is 8.28. The predicted octanol–water partition coefficient (Wildman–Crippen LogP) is 3.31. The highest BCUT2D eigenvalue weighted by Crippen LogP contribution is 2.35. The summed E-state index contributed by atoms with van der Waals surface area (Å²) in [4.78, 5) is 40.8. The van der Waals surface area contributed by atoms with E-state index in [1.54, 1.807) is 73.8 Å². The molecule has 9 nitrogen and oxygen atoms in total. The number of benzene rings is 3. The van der Waals surface area contributed by atoms with Gasteiger partial charge in [-0.1, -0.05) is 36.4 Å². The molecule has 1 aliphatic rings. The maximum atomic E-state index is 13.9. The van der Waals surface area contributed by atoms with Gasteiger partial charge in [0.15, 0.2) is 11.5 Å². The van der Waals surface area contributed by atoms with Gasteiger partial charge in [-0.25, -0.2) is 13.9 Å². The first kappa shape index (κ1) is 21.5. The molecular formula is C27H20N4O5.